The van der Waals surface area contributed by atoms with E-state index in [-0.39, 0.29) is 0 Å². The van der Waals surface area contributed by atoms with Gasteiger partial charge in [-0.3, -0.25) is 0 Å². The molecule has 0 heterocycles. The van der Waals surface area contributed by atoms with Crippen LogP contribution >= 0.6 is 0 Å². The summed E-state index contributed by atoms with van der Waals surface area (Å²) in [5.41, 5.74) is 5.02. The number of rotatable bonds is 37. The number of aryl methyl sites for hydroxylation is 2. The van der Waals surface area contributed by atoms with Crippen LogP contribution < -0.4 is 0 Å². The van der Waals surface area contributed by atoms with Crippen LogP contribution in [0.25, 0.3) is 0 Å². The summed E-state index contributed by atoms with van der Waals surface area (Å²) >= 11 is 0. The third kappa shape index (κ3) is 27.2. The molecule has 0 fully saturated rings. The van der Waals surface area contributed by atoms with Crippen LogP contribution in [0.3, 0.4) is 0 Å². The molecule has 0 amide bonds. The third-order valence-electron chi connectivity index (χ3n) is 10.6. The Bertz CT molecular complexity index is 662. The zero-order valence-corrected chi connectivity index (χ0v) is 32.1. The molecule has 0 heteroatoms. The number of hydrogen-bond donors (Lipinski definition) is 0. The van der Waals surface area contributed by atoms with E-state index in [1.807, 2.05) is 0 Å². The van der Waals surface area contributed by atoms with E-state index >= 15 is 0 Å². The van der Waals surface area contributed by atoms with Crippen molar-refractivity contribution >= 4 is 0 Å². The SMILES string of the molecule is [CH2]CCCc1c(CCCCCCCCCCCCCCCCCC)cccc1CCCCCCCCCCCCCCCCCC. The summed E-state index contributed by atoms with van der Waals surface area (Å²) in [5, 5.41) is 0. The number of unbranched alkanes of at least 4 members (excludes halogenated alkanes) is 31. The largest absolute Gasteiger partial charge is 0.0654 e. The molecular weight excluding hydrogens is 553 g/mol. The van der Waals surface area contributed by atoms with Crippen molar-refractivity contribution < 1.29 is 0 Å². The average molecular weight is 638 g/mol. The lowest BCUT2D eigenvalue weighted by molar-refractivity contribution is 0.529. The fourth-order valence-corrected chi connectivity index (χ4v) is 7.51. The Morgan fingerprint density at radius 3 is 0.848 bits per heavy atom. The Balaban J connectivity index is 2.08. The first-order valence-corrected chi connectivity index (χ1v) is 21.7. The molecule has 46 heavy (non-hydrogen) atoms. The van der Waals surface area contributed by atoms with Gasteiger partial charge in [0.1, 0.15) is 0 Å². The predicted octanol–water partition coefficient (Wildman–Crippen LogP) is 16.5. The minimum Gasteiger partial charge on any atom is -0.0654 e. The van der Waals surface area contributed by atoms with Crippen molar-refractivity contribution in [3.05, 3.63) is 41.8 Å². The van der Waals surface area contributed by atoms with E-state index in [1.165, 1.54) is 231 Å². The fourth-order valence-electron chi connectivity index (χ4n) is 7.51. The molecule has 1 aromatic carbocycles. The molecule has 1 radical (unpaired) electrons. The fraction of sp³-hybridized carbons (Fsp3) is 0.848. The third-order valence-corrected chi connectivity index (χ3v) is 10.6. The lowest BCUT2D eigenvalue weighted by Gasteiger charge is -2.15. The van der Waals surface area contributed by atoms with Gasteiger partial charge < -0.3 is 0 Å². The van der Waals surface area contributed by atoms with Crippen molar-refractivity contribution in [3.8, 4) is 0 Å². The van der Waals surface area contributed by atoms with Crippen LogP contribution in [0, 0.1) is 6.92 Å². The van der Waals surface area contributed by atoms with Gasteiger partial charge in [-0.05, 0) is 55.2 Å². The Labute approximate surface area is 292 Å². The summed E-state index contributed by atoms with van der Waals surface area (Å²) in [5.74, 6) is 0. The van der Waals surface area contributed by atoms with E-state index in [2.05, 4.69) is 39.0 Å². The minimum absolute atomic E-state index is 1.06. The van der Waals surface area contributed by atoms with Gasteiger partial charge in [0.05, 0.1) is 0 Å². The van der Waals surface area contributed by atoms with Crippen LogP contribution in [0.15, 0.2) is 18.2 Å². The Kier molecular flexibility index (Phi) is 33.4. The molecule has 269 valence electrons. The highest BCUT2D eigenvalue weighted by molar-refractivity contribution is 5.36. The minimum atomic E-state index is 1.06. The zero-order chi connectivity index (χ0) is 33.0. The molecule has 0 saturated carbocycles. The first kappa shape index (κ1) is 43.2. The summed E-state index contributed by atoms with van der Waals surface area (Å²) < 4.78 is 0. The van der Waals surface area contributed by atoms with Crippen LogP contribution in [0.5, 0.6) is 0 Å². The van der Waals surface area contributed by atoms with Crippen LogP contribution in [-0.2, 0) is 19.3 Å². The van der Waals surface area contributed by atoms with Gasteiger partial charge in [0.15, 0.2) is 0 Å². The molecule has 0 aliphatic heterocycles. The van der Waals surface area contributed by atoms with Crippen molar-refractivity contribution in [1.29, 1.82) is 0 Å². The smallest absolute Gasteiger partial charge is 0.0273 e. The highest BCUT2D eigenvalue weighted by atomic mass is 14.1. The van der Waals surface area contributed by atoms with Crippen LogP contribution in [0.4, 0.5) is 0 Å². The summed E-state index contributed by atoms with van der Waals surface area (Å²) in [7, 11) is 0. The van der Waals surface area contributed by atoms with Crippen molar-refractivity contribution in [2.75, 3.05) is 0 Å². The molecule has 0 aliphatic rings. The number of benzene rings is 1. The molecule has 1 rings (SSSR count). The number of hydrogen-bond acceptors (Lipinski definition) is 0. The van der Waals surface area contributed by atoms with E-state index in [1.54, 1.807) is 16.7 Å². The van der Waals surface area contributed by atoms with E-state index < -0.39 is 0 Å². The maximum atomic E-state index is 4.16. The van der Waals surface area contributed by atoms with Gasteiger partial charge in [-0.1, -0.05) is 238 Å². The summed E-state index contributed by atoms with van der Waals surface area (Å²) in [6.45, 7) is 8.77. The first-order valence-electron chi connectivity index (χ1n) is 21.7. The summed E-state index contributed by atoms with van der Waals surface area (Å²) in [4.78, 5) is 0. The quantitative estimate of drug-likeness (QED) is 0.0637. The normalized spacial score (nSPS) is 11.5. The molecule has 0 nitrogen and oxygen atoms in total. The Hall–Kier alpha value is -0.780. The molecule has 0 bridgehead atoms. The van der Waals surface area contributed by atoms with Crippen LogP contribution in [0.1, 0.15) is 249 Å². The van der Waals surface area contributed by atoms with E-state index in [0.717, 1.165) is 6.42 Å². The molecule has 0 unspecified atom stereocenters. The second kappa shape index (κ2) is 35.5. The second-order valence-electron chi connectivity index (χ2n) is 15.1. The molecule has 0 atom stereocenters. The standard InChI is InChI=1S/C46H85/c1-4-7-10-12-14-16-18-20-22-24-26-28-30-32-34-36-39-44-41-38-42-45(46(44)43-9-6-3)40-37-35-33-31-29-27-25-23-21-19-17-15-13-11-8-5-2/h38,41-42H,3-37,39-40,43H2,1-2H3. The van der Waals surface area contributed by atoms with Crippen molar-refractivity contribution in [2.45, 2.75) is 251 Å². The molecule has 0 aliphatic carbocycles. The molecule has 1 aromatic rings. The van der Waals surface area contributed by atoms with Crippen LogP contribution in [0.2, 0.25) is 0 Å². The van der Waals surface area contributed by atoms with Crippen molar-refractivity contribution in [2.24, 2.45) is 0 Å². The van der Waals surface area contributed by atoms with Crippen molar-refractivity contribution in [1.82, 2.24) is 0 Å². The van der Waals surface area contributed by atoms with E-state index in [0.29, 0.717) is 0 Å². The summed E-state index contributed by atoms with van der Waals surface area (Å²) in [6.07, 6.45) is 52.5. The lowest BCUT2D eigenvalue weighted by atomic mass is 9.90. The average Bonchev–Trinajstić information content (AvgIpc) is 3.07. The second-order valence-corrected chi connectivity index (χ2v) is 15.1. The maximum absolute atomic E-state index is 4.16. The molecule has 0 spiro atoms. The Morgan fingerprint density at radius 2 is 0.587 bits per heavy atom. The van der Waals surface area contributed by atoms with Gasteiger partial charge in [0, 0.05) is 0 Å². The monoisotopic (exact) mass is 638 g/mol. The van der Waals surface area contributed by atoms with E-state index in [9.17, 15) is 0 Å². The van der Waals surface area contributed by atoms with Gasteiger partial charge in [0.25, 0.3) is 0 Å². The lowest BCUT2D eigenvalue weighted by Crippen LogP contribution is -2.02. The van der Waals surface area contributed by atoms with Gasteiger partial charge in [0.2, 0.25) is 0 Å². The van der Waals surface area contributed by atoms with Crippen molar-refractivity contribution in [3.63, 3.8) is 0 Å². The molecule has 0 saturated heterocycles. The summed E-state index contributed by atoms with van der Waals surface area (Å²) in [6, 6.07) is 7.25. The van der Waals surface area contributed by atoms with E-state index in [4.69, 9.17) is 0 Å². The Morgan fingerprint density at radius 1 is 0.326 bits per heavy atom. The van der Waals surface area contributed by atoms with Crippen LogP contribution in [-0.4, -0.2) is 0 Å². The molecule has 0 N–H and O–H groups in total. The van der Waals surface area contributed by atoms with Gasteiger partial charge >= 0.3 is 0 Å². The topological polar surface area (TPSA) is 0 Å². The molecular formula is C46H85. The maximum Gasteiger partial charge on any atom is -0.0273 e. The first-order chi connectivity index (χ1) is 22.8. The highest BCUT2D eigenvalue weighted by Gasteiger charge is 2.08. The highest BCUT2D eigenvalue weighted by Crippen LogP contribution is 2.23. The van der Waals surface area contributed by atoms with Gasteiger partial charge in [-0.2, -0.15) is 0 Å². The predicted molar refractivity (Wildman–Crippen MR) is 211 cm³/mol. The van der Waals surface area contributed by atoms with Gasteiger partial charge in [-0.25, -0.2) is 0 Å². The van der Waals surface area contributed by atoms with Gasteiger partial charge in [-0.15, -0.1) is 0 Å². The molecule has 0 aromatic heterocycles. The zero-order valence-electron chi connectivity index (χ0n) is 32.1.